The van der Waals surface area contributed by atoms with Gasteiger partial charge in [-0.25, -0.2) is 9.48 Å². The van der Waals surface area contributed by atoms with Crippen LogP contribution >= 0.6 is 0 Å². The van der Waals surface area contributed by atoms with Crippen molar-refractivity contribution in [3.8, 4) is 0 Å². The van der Waals surface area contributed by atoms with Crippen LogP contribution in [0.4, 0.5) is 0 Å². The zero-order valence-electron chi connectivity index (χ0n) is 11.6. The second-order valence-electron chi connectivity index (χ2n) is 5.63. The fourth-order valence-corrected chi connectivity index (χ4v) is 3.14. The van der Waals surface area contributed by atoms with Gasteiger partial charge in [0.25, 0.3) is 0 Å². The van der Waals surface area contributed by atoms with Crippen LogP contribution in [0.2, 0.25) is 0 Å². The van der Waals surface area contributed by atoms with Crippen LogP contribution in [0, 0.1) is 5.92 Å². The smallest absolute Gasteiger partial charge is 0.335 e. The van der Waals surface area contributed by atoms with Crippen molar-refractivity contribution in [2.45, 2.75) is 45.1 Å². The highest BCUT2D eigenvalue weighted by atomic mass is 16.4. The quantitative estimate of drug-likeness (QED) is 0.931. The van der Waals surface area contributed by atoms with Crippen molar-refractivity contribution in [1.82, 2.24) is 15.0 Å². The van der Waals surface area contributed by atoms with Crippen LogP contribution in [0.1, 0.15) is 55.4 Å². The van der Waals surface area contributed by atoms with Gasteiger partial charge in [0, 0.05) is 0 Å². The summed E-state index contributed by atoms with van der Waals surface area (Å²) in [5, 5.41) is 17.5. The molecule has 1 aliphatic carbocycles. The molecule has 1 fully saturated rings. The van der Waals surface area contributed by atoms with E-state index < -0.39 is 5.97 Å². The molecule has 3 rings (SSSR count). The number of benzene rings is 1. The van der Waals surface area contributed by atoms with E-state index >= 15 is 0 Å². The SMILES string of the molecule is CCC1CCC(n2nnc3ccc(C(=O)O)cc32)CC1. The Morgan fingerprint density at radius 3 is 2.75 bits per heavy atom. The molecule has 1 saturated carbocycles. The van der Waals surface area contributed by atoms with Crippen molar-refractivity contribution in [2.24, 2.45) is 5.92 Å². The molecule has 20 heavy (non-hydrogen) atoms. The molecule has 0 unspecified atom stereocenters. The Labute approximate surface area is 117 Å². The number of hydrogen-bond donors (Lipinski definition) is 1. The molecule has 0 bridgehead atoms. The molecule has 0 amide bonds. The molecule has 1 aliphatic rings. The second kappa shape index (κ2) is 5.23. The van der Waals surface area contributed by atoms with Gasteiger partial charge in [-0.05, 0) is 49.8 Å². The summed E-state index contributed by atoms with van der Waals surface area (Å²) in [5.74, 6) is -0.0787. The maximum atomic E-state index is 11.1. The topological polar surface area (TPSA) is 68.0 Å². The Morgan fingerprint density at radius 2 is 2.10 bits per heavy atom. The highest BCUT2D eigenvalue weighted by molar-refractivity contribution is 5.92. The van der Waals surface area contributed by atoms with Gasteiger partial charge in [0.1, 0.15) is 5.52 Å². The molecule has 0 saturated heterocycles. The number of hydrogen-bond acceptors (Lipinski definition) is 3. The molecular formula is C15H19N3O2. The molecule has 106 valence electrons. The van der Waals surface area contributed by atoms with Crippen LogP contribution in [0.3, 0.4) is 0 Å². The average Bonchev–Trinajstić information content (AvgIpc) is 2.90. The summed E-state index contributed by atoms with van der Waals surface area (Å²) < 4.78 is 1.92. The molecule has 1 heterocycles. The number of nitrogens with zero attached hydrogens (tertiary/aromatic N) is 3. The van der Waals surface area contributed by atoms with Gasteiger partial charge in [-0.1, -0.05) is 18.6 Å². The molecule has 0 atom stereocenters. The Kier molecular flexibility index (Phi) is 3.42. The second-order valence-corrected chi connectivity index (χ2v) is 5.63. The minimum Gasteiger partial charge on any atom is -0.478 e. The van der Waals surface area contributed by atoms with Gasteiger partial charge in [-0.2, -0.15) is 0 Å². The number of carbonyl (C=O) groups is 1. The van der Waals surface area contributed by atoms with E-state index in [0.29, 0.717) is 11.6 Å². The maximum Gasteiger partial charge on any atom is 0.335 e. The highest BCUT2D eigenvalue weighted by Crippen LogP contribution is 2.34. The summed E-state index contributed by atoms with van der Waals surface area (Å²) in [5.41, 5.74) is 1.90. The first kappa shape index (κ1) is 13.1. The first-order chi connectivity index (χ1) is 9.69. The first-order valence-corrected chi connectivity index (χ1v) is 7.27. The van der Waals surface area contributed by atoms with Crippen molar-refractivity contribution in [3.63, 3.8) is 0 Å². The molecule has 5 nitrogen and oxygen atoms in total. The number of carboxylic acid groups (broad SMARTS) is 1. The standard InChI is InChI=1S/C15H19N3O2/c1-2-10-3-6-12(7-4-10)18-14-9-11(15(19)20)5-8-13(14)16-17-18/h5,8-10,12H,2-4,6-7H2,1H3,(H,19,20). The summed E-state index contributed by atoms with van der Waals surface area (Å²) in [6.45, 7) is 2.25. The molecule has 0 radical (unpaired) electrons. The van der Waals surface area contributed by atoms with E-state index in [0.717, 1.165) is 29.8 Å². The Bertz CT molecular complexity index is 627. The monoisotopic (exact) mass is 273 g/mol. The molecule has 0 spiro atoms. The summed E-state index contributed by atoms with van der Waals surface area (Å²) in [7, 11) is 0. The zero-order valence-corrected chi connectivity index (χ0v) is 11.6. The molecular weight excluding hydrogens is 254 g/mol. The molecule has 1 aromatic carbocycles. The lowest BCUT2D eigenvalue weighted by Crippen LogP contribution is -2.19. The van der Waals surface area contributed by atoms with Crippen molar-refractivity contribution in [2.75, 3.05) is 0 Å². The van der Waals surface area contributed by atoms with Gasteiger partial charge in [-0.3, -0.25) is 0 Å². The third-order valence-corrected chi connectivity index (χ3v) is 4.46. The molecule has 1 N–H and O–H groups in total. The number of rotatable bonds is 3. The predicted molar refractivity (Wildman–Crippen MR) is 75.8 cm³/mol. The van der Waals surface area contributed by atoms with Crippen LogP contribution in [0.15, 0.2) is 18.2 Å². The lowest BCUT2D eigenvalue weighted by Gasteiger charge is -2.27. The molecule has 1 aromatic heterocycles. The van der Waals surface area contributed by atoms with E-state index in [1.165, 1.54) is 19.3 Å². The van der Waals surface area contributed by atoms with Crippen molar-refractivity contribution in [1.29, 1.82) is 0 Å². The highest BCUT2D eigenvalue weighted by Gasteiger charge is 2.23. The average molecular weight is 273 g/mol. The third-order valence-electron chi connectivity index (χ3n) is 4.46. The fraction of sp³-hybridized carbons (Fsp3) is 0.533. The van der Waals surface area contributed by atoms with Crippen molar-refractivity contribution in [3.05, 3.63) is 23.8 Å². The zero-order chi connectivity index (χ0) is 14.1. The van der Waals surface area contributed by atoms with E-state index in [2.05, 4.69) is 17.2 Å². The Morgan fingerprint density at radius 1 is 1.35 bits per heavy atom. The molecule has 5 heteroatoms. The number of fused-ring (bicyclic) bond motifs is 1. The van der Waals surface area contributed by atoms with E-state index in [-0.39, 0.29) is 0 Å². The summed E-state index contributed by atoms with van der Waals surface area (Å²) >= 11 is 0. The van der Waals surface area contributed by atoms with Crippen molar-refractivity contribution < 1.29 is 9.90 Å². The van der Waals surface area contributed by atoms with Crippen LogP contribution in [-0.2, 0) is 0 Å². The van der Waals surface area contributed by atoms with Crippen LogP contribution in [0.25, 0.3) is 11.0 Å². The van der Waals surface area contributed by atoms with Crippen LogP contribution in [0.5, 0.6) is 0 Å². The van der Waals surface area contributed by atoms with Gasteiger partial charge < -0.3 is 5.11 Å². The predicted octanol–water partition coefficient (Wildman–Crippen LogP) is 3.27. The van der Waals surface area contributed by atoms with Gasteiger partial charge in [-0.15, -0.1) is 5.10 Å². The minimum atomic E-state index is -0.908. The lowest BCUT2D eigenvalue weighted by molar-refractivity contribution is 0.0697. The lowest BCUT2D eigenvalue weighted by atomic mass is 9.84. The number of carboxylic acids is 1. The normalized spacial score (nSPS) is 23.1. The Hall–Kier alpha value is -1.91. The van der Waals surface area contributed by atoms with E-state index in [4.69, 9.17) is 5.11 Å². The largest absolute Gasteiger partial charge is 0.478 e. The van der Waals surface area contributed by atoms with Crippen LogP contribution in [-0.4, -0.2) is 26.1 Å². The summed E-state index contributed by atoms with van der Waals surface area (Å²) in [6, 6.07) is 5.35. The maximum absolute atomic E-state index is 11.1. The van der Waals surface area contributed by atoms with Crippen LogP contribution < -0.4 is 0 Å². The van der Waals surface area contributed by atoms with E-state index in [1.54, 1.807) is 18.2 Å². The summed E-state index contributed by atoms with van der Waals surface area (Å²) in [4.78, 5) is 11.1. The minimum absolute atomic E-state index is 0.295. The molecule has 2 aromatic rings. The molecule has 0 aliphatic heterocycles. The van der Waals surface area contributed by atoms with E-state index in [9.17, 15) is 4.79 Å². The Balaban J connectivity index is 1.91. The third kappa shape index (κ3) is 2.28. The fourth-order valence-electron chi connectivity index (χ4n) is 3.14. The van der Waals surface area contributed by atoms with Gasteiger partial charge in [0.2, 0.25) is 0 Å². The number of aromatic carboxylic acids is 1. The number of aromatic nitrogens is 3. The van der Waals surface area contributed by atoms with Gasteiger partial charge in [0.15, 0.2) is 0 Å². The summed E-state index contributed by atoms with van der Waals surface area (Å²) in [6.07, 6.45) is 5.90. The van der Waals surface area contributed by atoms with Gasteiger partial charge >= 0.3 is 5.97 Å². The van der Waals surface area contributed by atoms with Crippen molar-refractivity contribution >= 4 is 17.0 Å². The van der Waals surface area contributed by atoms with Gasteiger partial charge in [0.05, 0.1) is 17.1 Å². The van der Waals surface area contributed by atoms with E-state index in [1.807, 2.05) is 4.68 Å². The first-order valence-electron chi connectivity index (χ1n) is 7.27.